The average Bonchev–Trinajstić information content (AvgIpc) is 3.27. The van der Waals surface area contributed by atoms with E-state index in [1.54, 1.807) is 0 Å². The van der Waals surface area contributed by atoms with Crippen molar-refractivity contribution >= 4 is 11.9 Å². The first kappa shape index (κ1) is 59.9. The molecule has 5 heteroatoms. The number of ether oxygens (including phenoxy) is 3. The summed E-state index contributed by atoms with van der Waals surface area (Å²) in [6.07, 6.45) is 65.5. The maximum Gasteiger partial charge on any atom is 0.306 e. The van der Waals surface area contributed by atoms with E-state index >= 15 is 0 Å². The molecule has 0 aliphatic heterocycles. The van der Waals surface area contributed by atoms with E-state index in [9.17, 15) is 9.59 Å². The Morgan fingerprint density at radius 1 is 0.371 bits per heavy atom. The number of allylic oxidation sites excluding steroid dienone is 8. The van der Waals surface area contributed by atoms with Gasteiger partial charge in [-0.3, -0.25) is 9.59 Å². The van der Waals surface area contributed by atoms with Crippen molar-refractivity contribution in [2.45, 2.75) is 284 Å². The standard InChI is InChI=1S/C57H104O5/c1-4-7-10-13-16-19-22-25-27-28-29-30-32-33-35-38-41-44-47-50-56(58)61-54-55(53-60-52-49-46-43-40-37-24-21-18-15-12-9-6-3)62-57(59)51-48-45-42-39-36-34-31-26-23-20-17-14-11-8-5-2/h8,11,15,17-18,20,26,31,55H,4-7,9-10,12-14,16,19,21-25,27-30,32-54H2,1-3H3/b11-8-,18-15-,20-17-,31-26-. The van der Waals surface area contributed by atoms with Gasteiger partial charge in [-0.2, -0.15) is 0 Å². The Kier molecular flexibility index (Phi) is 51.4. The topological polar surface area (TPSA) is 61.8 Å². The van der Waals surface area contributed by atoms with Crippen molar-refractivity contribution in [3.05, 3.63) is 48.6 Å². The van der Waals surface area contributed by atoms with E-state index in [0.717, 1.165) is 70.6 Å². The molecule has 0 radical (unpaired) electrons. The fraction of sp³-hybridized carbons (Fsp3) is 0.825. The van der Waals surface area contributed by atoms with Crippen LogP contribution in [0.1, 0.15) is 278 Å². The molecule has 0 aromatic carbocycles. The fourth-order valence-electron chi connectivity index (χ4n) is 7.80. The van der Waals surface area contributed by atoms with Crippen molar-refractivity contribution in [3.63, 3.8) is 0 Å². The lowest BCUT2D eigenvalue weighted by molar-refractivity contribution is -0.163. The zero-order chi connectivity index (χ0) is 44.9. The van der Waals surface area contributed by atoms with Gasteiger partial charge in [0.15, 0.2) is 6.10 Å². The smallest absolute Gasteiger partial charge is 0.306 e. The van der Waals surface area contributed by atoms with E-state index in [-0.39, 0.29) is 25.2 Å². The Morgan fingerprint density at radius 2 is 0.742 bits per heavy atom. The van der Waals surface area contributed by atoms with Crippen LogP contribution in [-0.2, 0) is 23.8 Å². The summed E-state index contributed by atoms with van der Waals surface area (Å²) in [5, 5.41) is 0. The van der Waals surface area contributed by atoms with Gasteiger partial charge in [0.05, 0.1) is 6.61 Å². The molecule has 5 nitrogen and oxygen atoms in total. The Balaban J connectivity index is 4.21. The minimum absolute atomic E-state index is 0.0792. The minimum Gasteiger partial charge on any atom is -0.462 e. The van der Waals surface area contributed by atoms with Gasteiger partial charge in [-0.15, -0.1) is 0 Å². The highest BCUT2D eigenvalue weighted by molar-refractivity contribution is 5.70. The Hall–Kier alpha value is -2.14. The summed E-state index contributed by atoms with van der Waals surface area (Å²) in [5.74, 6) is -0.407. The van der Waals surface area contributed by atoms with Gasteiger partial charge < -0.3 is 14.2 Å². The van der Waals surface area contributed by atoms with Gasteiger partial charge in [0.2, 0.25) is 0 Å². The fourth-order valence-corrected chi connectivity index (χ4v) is 7.80. The molecule has 0 aliphatic rings. The van der Waals surface area contributed by atoms with E-state index in [1.165, 1.54) is 173 Å². The molecule has 0 fully saturated rings. The van der Waals surface area contributed by atoms with Crippen molar-refractivity contribution < 1.29 is 23.8 Å². The molecule has 1 atom stereocenters. The molecule has 1 unspecified atom stereocenters. The summed E-state index contributed by atoms with van der Waals surface area (Å²) >= 11 is 0. The van der Waals surface area contributed by atoms with Crippen LogP contribution in [0.25, 0.3) is 0 Å². The first-order chi connectivity index (χ1) is 30.6. The first-order valence-electron chi connectivity index (χ1n) is 27.2. The predicted molar refractivity (Wildman–Crippen MR) is 270 cm³/mol. The van der Waals surface area contributed by atoms with Crippen LogP contribution in [-0.4, -0.2) is 37.9 Å². The summed E-state index contributed by atoms with van der Waals surface area (Å²) in [6.45, 7) is 7.70. The first-order valence-corrected chi connectivity index (χ1v) is 27.2. The lowest BCUT2D eigenvalue weighted by Crippen LogP contribution is -2.30. The van der Waals surface area contributed by atoms with Crippen LogP contribution >= 0.6 is 0 Å². The van der Waals surface area contributed by atoms with Crippen LogP contribution in [0.5, 0.6) is 0 Å². The van der Waals surface area contributed by atoms with Crippen molar-refractivity contribution in [2.24, 2.45) is 0 Å². The number of hydrogen-bond acceptors (Lipinski definition) is 5. The third-order valence-corrected chi connectivity index (χ3v) is 11.8. The second-order valence-electron chi connectivity index (χ2n) is 18.1. The third-order valence-electron chi connectivity index (χ3n) is 11.8. The van der Waals surface area contributed by atoms with Crippen LogP contribution in [0.2, 0.25) is 0 Å². The normalized spacial score (nSPS) is 12.5. The van der Waals surface area contributed by atoms with E-state index in [0.29, 0.717) is 19.4 Å². The maximum atomic E-state index is 12.8. The minimum atomic E-state index is -0.545. The summed E-state index contributed by atoms with van der Waals surface area (Å²) < 4.78 is 17.4. The summed E-state index contributed by atoms with van der Waals surface area (Å²) in [6, 6.07) is 0. The Labute approximate surface area is 386 Å². The van der Waals surface area contributed by atoms with E-state index < -0.39 is 6.10 Å². The number of unbranched alkanes of at least 4 members (excludes halogenated alkanes) is 31. The molecule has 362 valence electrons. The molecule has 0 aromatic rings. The summed E-state index contributed by atoms with van der Waals surface area (Å²) in [4.78, 5) is 25.4. The van der Waals surface area contributed by atoms with Gasteiger partial charge in [-0.05, 0) is 70.6 Å². The average molecular weight is 869 g/mol. The van der Waals surface area contributed by atoms with Crippen LogP contribution in [0.15, 0.2) is 48.6 Å². The van der Waals surface area contributed by atoms with Crippen LogP contribution in [0, 0.1) is 0 Å². The molecule has 62 heavy (non-hydrogen) atoms. The molecule has 0 saturated carbocycles. The van der Waals surface area contributed by atoms with Crippen molar-refractivity contribution in [3.8, 4) is 0 Å². The van der Waals surface area contributed by atoms with Gasteiger partial charge in [0, 0.05) is 19.4 Å². The monoisotopic (exact) mass is 869 g/mol. The number of hydrogen-bond donors (Lipinski definition) is 0. The van der Waals surface area contributed by atoms with E-state index in [2.05, 4.69) is 69.4 Å². The molecule has 0 N–H and O–H groups in total. The molecule has 0 aromatic heterocycles. The quantitative estimate of drug-likeness (QED) is 0.0346. The molecule has 0 rings (SSSR count). The second-order valence-corrected chi connectivity index (χ2v) is 18.1. The maximum absolute atomic E-state index is 12.8. The number of esters is 2. The third kappa shape index (κ3) is 50.5. The molecule has 0 heterocycles. The summed E-state index contributed by atoms with van der Waals surface area (Å²) in [5.41, 5.74) is 0. The highest BCUT2D eigenvalue weighted by Gasteiger charge is 2.17. The van der Waals surface area contributed by atoms with Gasteiger partial charge in [-0.1, -0.05) is 243 Å². The SMILES string of the molecule is CC/C=C\C/C=C\C/C=C\CCCCCCCC(=O)OC(COCCCCCCCC/C=C\CCCC)COC(=O)CCCCCCCCCCCCCCCCCCCCC. The van der Waals surface area contributed by atoms with Gasteiger partial charge in [-0.25, -0.2) is 0 Å². The zero-order valence-electron chi connectivity index (χ0n) is 41.6. The van der Waals surface area contributed by atoms with Gasteiger partial charge >= 0.3 is 11.9 Å². The number of carbonyl (C=O) groups excluding carboxylic acids is 2. The number of carbonyl (C=O) groups is 2. The molecule has 0 amide bonds. The molecule has 0 bridgehead atoms. The van der Waals surface area contributed by atoms with Crippen LogP contribution < -0.4 is 0 Å². The van der Waals surface area contributed by atoms with Crippen molar-refractivity contribution in [2.75, 3.05) is 19.8 Å². The highest BCUT2D eigenvalue weighted by Crippen LogP contribution is 2.16. The highest BCUT2D eigenvalue weighted by atomic mass is 16.6. The van der Waals surface area contributed by atoms with Gasteiger partial charge in [0.25, 0.3) is 0 Å². The molecule has 0 aliphatic carbocycles. The van der Waals surface area contributed by atoms with Crippen LogP contribution in [0.4, 0.5) is 0 Å². The van der Waals surface area contributed by atoms with Crippen LogP contribution in [0.3, 0.4) is 0 Å². The van der Waals surface area contributed by atoms with Crippen molar-refractivity contribution in [1.82, 2.24) is 0 Å². The predicted octanol–water partition coefficient (Wildman–Crippen LogP) is 18.3. The van der Waals surface area contributed by atoms with E-state index in [4.69, 9.17) is 14.2 Å². The molecular formula is C57H104O5. The second kappa shape index (κ2) is 53.2. The Bertz CT molecular complexity index is 1030. The largest absolute Gasteiger partial charge is 0.462 e. The summed E-state index contributed by atoms with van der Waals surface area (Å²) in [7, 11) is 0. The van der Waals surface area contributed by atoms with Crippen molar-refractivity contribution in [1.29, 1.82) is 0 Å². The lowest BCUT2D eigenvalue weighted by atomic mass is 10.0. The van der Waals surface area contributed by atoms with Gasteiger partial charge in [0.1, 0.15) is 6.61 Å². The molecular weight excluding hydrogens is 765 g/mol. The number of rotatable bonds is 50. The zero-order valence-corrected chi connectivity index (χ0v) is 41.6. The molecule has 0 spiro atoms. The lowest BCUT2D eigenvalue weighted by Gasteiger charge is -2.18. The Morgan fingerprint density at radius 3 is 1.23 bits per heavy atom. The van der Waals surface area contributed by atoms with E-state index in [1.807, 2.05) is 0 Å². The molecule has 0 saturated heterocycles.